The van der Waals surface area contributed by atoms with Crippen LogP contribution in [0.25, 0.3) is 71.6 Å². The van der Waals surface area contributed by atoms with E-state index in [2.05, 4.69) is 276 Å². The maximum Gasteiger partial charge on any atom is 0.0714 e. The van der Waals surface area contributed by atoms with E-state index in [1.165, 1.54) is 77.1 Å². The number of aromatic nitrogens is 1. The SMILES string of the molecule is c1ccc(-c2ccc3c(c2)C(c2ccccc2)(c2ccccc2)c2cc(N(c4ccc5c6ccc7ccccc7c6n(-c6ccccc6)c5c4)c4ccccc4-c4ccccc4)ccc2-3)cc1. The van der Waals surface area contributed by atoms with Crippen molar-refractivity contribution in [1.82, 2.24) is 4.57 Å². The molecule has 0 fully saturated rings. The first kappa shape index (κ1) is 38.7. The Kier molecular flexibility index (Phi) is 9.11. The van der Waals surface area contributed by atoms with E-state index in [1.54, 1.807) is 0 Å². The molecule has 0 N–H and O–H groups in total. The smallest absolute Gasteiger partial charge is 0.0714 e. The Morgan fingerprint density at radius 2 is 0.866 bits per heavy atom. The summed E-state index contributed by atoms with van der Waals surface area (Å²) in [4.78, 5) is 2.49. The zero-order valence-electron chi connectivity index (χ0n) is 36.8. The number of nitrogens with zero attached hydrogens (tertiary/aromatic N) is 2. The Morgan fingerprint density at radius 1 is 0.328 bits per heavy atom. The summed E-state index contributed by atoms with van der Waals surface area (Å²) in [5.41, 5.74) is 18.4. The van der Waals surface area contributed by atoms with E-state index in [0.29, 0.717) is 0 Å². The summed E-state index contributed by atoms with van der Waals surface area (Å²) in [7, 11) is 0. The molecule has 0 bridgehead atoms. The predicted molar refractivity (Wildman–Crippen MR) is 281 cm³/mol. The van der Waals surface area contributed by atoms with Crippen molar-refractivity contribution in [2.75, 3.05) is 4.90 Å². The van der Waals surface area contributed by atoms with Gasteiger partial charge in [0, 0.05) is 38.8 Å². The van der Waals surface area contributed by atoms with Gasteiger partial charge in [-0.25, -0.2) is 0 Å². The van der Waals surface area contributed by atoms with Gasteiger partial charge < -0.3 is 9.47 Å². The second kappa shape index (κ2) is 15.8. The molecule has 0 radical (unpaired) electrons. The first-order chi connectivity index (χ1) is 33.3. The summed E-state index contributed by atoms with van der Waals surface area (Å²) >= 11 is 0. The van der Waals surface area contributed by atoms with Crippen LogP contribution in [0.5, 0.6) is 0 Å². The van der Waals surface area contributed by atoms with Crippen molar-refractivity contribution < 1.29 is 0 Å². The number of fused-ring (bicyclic) bond motifs is 8. The predicted octanol–water partition coefficient (Wildman–Crippen LogP) is 17.1. The van der Waals surface area contributed by atoms with Crippen molar-refractivity contribution in [3.63, 3.8) is 0 Å². The summed E-state index contributed by atoms with van der Waals surface area (Å²) in [5.74, 6) is 0. The molecule has 0 aliphatic heterocycles. The van der Waals surface area contributed by atoms with Gasteiger partial charge in [-0.15, -0.1) is 0 Å². The Bertz CT molecular complexity index is 3740. The lowest BCUT2D eigenvalue weighted by molar-refractivity contribution is 0.768. The summed E-state index contributed by atoms with van der Waals surface area (Å²) in [6.07, 6.45) is 0. The maximum absolute atomic E-state index is 2.49. The third kappa shape index (κ3) is 6.11. The molecule has 314 valence electrons. The van der Waals surface area contributed by atoms with Crippen LogP contribution < -0.4 is 4.90 Å². The second-order valence-electron chi connectivity index (χ2n) is 17.6. The normalized spacial score (nSPS) is 12.6. The first-order valence-electron chi connectivity index (χ1n) is 23.2. The average molecular weight is 853 g/mol. The van der Waals surface area contributed by atoms with Crippen LogP contribution in [0, 0.1) is 0 Å². The lowest BCUT2D eigenvalue weighted by Gasteiger charge is -2.35. The molecule has 11 aromatic carbocycles. The zero-order chi connectivity index (χ0) is 44.3. The van der Waals surface area contributed by atoms with Crippen LogP contribution >= 0.6 is 0 Å². The molecule has 2 nitrogen and oxygen atoms in total. The molecule has 1 aliphatic rings. The molecule has 67 heavy (non-hydrogen) atoms. The molecule has 1 heterocycles. The van der Waals surface area contributed by atoms with Gasteiger partial charge in [0.25, 0.3) is 0 Å². The van der Waals surface area contributed by atoms with Crippen molar-refractivity contribution in [3.05, 3.63) is 289 Å². The Labute approximate surface area is 390 Å². The van der Waals surface area contributed by atoms with Gasteiger partial charge in [0.2, 0.25) is 0 Å². The molecule has 13 rings (SSSR count). The summed E-state index contributed by atoms with van der Waals surface area (Å²) in [6.45, 7) is 0. The lowest BCUT2D eigenvalue weighted by atomic mass is 9.67. The molecule has 0 saturated heterocycles. The van der Waals surface area contributed by atoms with Gasteiger partial charge in [-0.3, -0.25) is 0 Å². The zero-order valence-corrected chi connectivity index (χ0v) is 36.8. The molecule has 0 unspecified atom stereocenters. The molecule has 0 atom stereocenters. The third-order valence-corrected chi connectivity index (χ3v) is 14.0. The van der Waals surface area contributed by atoms with Gasteiger partial charge in [0.15, 0.2) is 0 Å². The summed E-state index contributed by atoms with van der Waals surface area (Å²) < 4.78 is 2.47. The molecule has 1 aliphatic carbocycles. The van der Waals surface area contributed by atoms with E-state index in [4.69, 9.17) is 0 Å². The van der Waals surface area contributed by atoms with E-state index in [1.807, 2.05) is 0 Å². The lowest BCUT2D eigenvalue weighted by Crippen LogP contribution is -2.28. The number of rotatable bonds is 8. The first-order valence-corrected chi connectivity index (χ1v) is 23.2. The quantitative estimate of drug-likeness (QED) is 0.148. The van der Waals surface area contributed by atoms with Gasteiger partial charge in [-0.2, -0.15) is 0 Å². The van der Waals surface area contributed by atoms with Crippen LogP contribution in [0.3, 0.4) is 0 Å². The highest BCUT2D eigenvalue weighted by molar-refractivity contribution is 6.19. The van der Waals surface area contributed by atoms with Gasteiger partial charge in [-0.05, 0) is 104 Å². The van der Waals surface area contributed by atoms with Crippen LogP contribution in [0.4, 0.5) is 17.1 Å². The van der Waals surface area contributed by atoms with Gasteiger partial charge in [0.05, 0.1) is 22.1 Å². The summed E-state index contributed by atoms with van der Waals surface area (Å²) in [6, 6.07) is 98.3. The molecule has 0 saturated carbocycles. The average Bonchev–Trinajstić information content (AvgIpc) is 3.90. The fourth-order valence-corrected chi connectivity index (χ4v) is 11.1. The van der Waals surface area contributed by atoms with Crippen molar-refractivity contribution in [2.45, 2.75) is 5.41 Å². The fourth-order valence-electron chi connectivity index (χ4n) is 11.1. The van der Waals surface area contributed by atoms with E-state index in [9.17, 15) is 0 Å². The number of benzene rings is 11. The molecule has 1 aromatic heterocycles. The Hall–Kier alpha value is -8.72. The van der Waals surface area contributed by atoms with Crippen LogP contribution in [0.15, 0.2) is 267 Å². The van der Waals surface area contributed by atoms with Crippen molar-refractivity contribution >= 4 is 49.6 Å². The number of para-hydroxylation sites is 2. The largest absolute Gasteiger partial charge is 0.310 e. The molecular formula is C65H44N2. The number of anilines is 3. The summed E-state index contributed by atoms with van der Waals surface area (Å²) in [5, 5.41) is 4.92. The molecule has 0 amide bonds. The number of hydrogen-bond donors (Lipinski definition) is 0. The molecule has 2 heteroatoms. The van der Waals surface area contributed by atoms with Crippen LogP contribution in [0.1, 0.15) is 22.3 Å². The second-order valence-corrected chi connectivity index (χ2v) is 17.6. The monoisotopic (exact) mass is 852 g/mol. The van der Waals surface area contributed by atoms with Gasteiger partial charge >= 0.3 is 0 Å². The van der Waals surface area contributed by atoms with Crippen molar-refractivity contribution in [3.8, 4) is 39.1 Å². The standard InChI is InChI=1S/C65H44N2/c1-6-20-45(21-7-1)48-35-38-56-57-40-36-52(43-61(57)65(60(56)42-48,49-25-10-3-11-26-49)50-27-12-4-13-28-50)66(62-33-19-18-31-54(62)46-22-8-2-9-23-46)53-37-41-58-59-39-34-47-24-16-17-32-55(47)64(59)67(63(58)44-53)51-29-14-5-15-30-51/h1-44H. The van der Waals surface area contributed by atoms with E-state index in [-0.39, 0.29) is 0 Å². The van der Waals surface area contributed by atoms with E-state index >= 15 is 0 Å². The third-order valence-electron chi connectivity index (χ3n) is 14.0. The minimum Gasteiger partial charge on any atom is -0.310 e. The van der Waals surface area contributed by atoms with Crippen LogP contribution in [-0.4, -0.2) is 4.57 Å². The Balaban J connectivity index is 1.11. The Morgan fingerprint density at radius 3 is 1.58 bits per heavy atom. The highest BCUT2D eigenvalue weighted by Crippen LogP contribution is 2.58. The minimum atomic E-state index is -0.608. The maximum atomic E-state index is 2.49. The molecule has 12 aromatic rings. The fraction of sp³-hybridized carbons (Fsp3) is 0.0154. The topological polar surface area (TPSA) is 8.17 Å². The molecular weight excluding hydrogens is 809 g/mol. The van der Waals surface area contributed by atoms with Gasteiger partial charge in [-0.1, -0.05) is 218 Å². The highest BCUT2D eigenvalue weighted by atomic mass is 15.1. The van der Waals surface area contributed by atoms with Crippen LogP contribution in [-0.2, 0) is 5.41 Å². The number of hydrogen-bond acceptors (Lipinski definition) is 1. The van der Waals surface area contributed by atoms with E-state index < -0.39 is 5.41 Å². The highest BCUT2D eigenvalue weighted by Gasteiger charge is 2.46. The van der Waals surface area contributed by atoms with Crippen molar-refractivity contribution in [1.29, 1.82) is 0 Å². The van der Waals surface area contributed by atoms with Gasteiger partial charge in [0.1, 0.15) is 0 Å². The van der Waals surface area contributed by atoms with Crippen LogP contribution in [0.2, 0.25) is 0 Å². The van der Waals surface area contributed by atoms with E-state index in [0.717, 1.165) is 33.8 Å². The van der Waals surface area contributed by atoms with Crippen molar-refractivity contribution in [2.24, 2.45) is 0 Å². The minimum absolute atomic E-state index is 0.608. The molecule has 0 spiro atoms.